The summed E-state index contributed by atoms with van der Waals surface area (Å²) in [5.41, 5.74) is 1.19. The van der Waals surface area contributed by atoms with Crippen LogP contribution in [0.4, 0.5) is 11.4 Å². The zero-order valence-corrected chi connectivity index (χ0v) is 20.5. The Morgan fingerprint density at radius 3 is 2.21 bits per heavy atom. The Bertz CT molecular complexity index is 1020. The number of hydrogen-bond acceptors (Lipinski definition) is 6. The van der Waals surface area contributed by atoms with Crippen LogP contribution >= 0.6 is 0 Å². The summed E-state index contributed by atoms with van der Waals surface area (Å²) in [4.78, 5) is 15.0. The van der Waals surface area contributed by atoms with Crippen LogP contribution in [-0.4, -0.2) is 64.9 Å². The molecule has 9 heteroatoms. The number of benzene rings is 2. The predicted molar refractivity (Wildman–Crippen MR) is 131 cm³/mol. The summed E-state index contributed by atoms with van der Waals surface area (Å²) in [7, 11) is 0.262. The van der Waals surface area contributed by atoms with E-state index in [1.54, 1.807) is 24.3 Å². The predicted octanol–water partition coefficient (Wildman–Crippen LogP) is 3.35. The van der Waals surface area contributed by atoms with Gasteiger partial charge in [0.2, 0.25) is 10.0 Å². The van der Waals surface area contributed by atoms with E-state index in [0.29, 0.717) is 23.5 Å². The Morgan fingerprint density at radius 1 is 1.09 bits per heavy atom. The van der Waals surface area contributed by atoms with Crippen molar-refractivity contribution in [3.8, 4) is 11.5 Å². The van der Waals surface area contributed by atoms with E-state index in [1.807, 2.05) is 31.2 Å². The van der Waals surface area contributed by atoms with Gasteiger partial charge in [-0.05, 0) is 74.8 Å². The van der Waals surface area contributed by atoms with Crippen LogP contribution in [0.15, 0.2) is 48.5 Å². The molecule has 2 aromatic rings. The molecule has 180 valence electrons. The molecule has 0 saturated carbocycles. The SMILES string of the molecule is CCC(Oc1ccc(N(C)S(C)(=O)=O)cc1)C(=O)Nc1ccc(OC2CCN(C)CC2)cc1. The summed E-state index contributed by atoms with van der Waals surface area (Å²) in [6, 6.07) is 14.0. The zero-order valence-electron chi connectivity index (χ0n) is 19.7. The van der Waals surface area contributed by atoms with E-state index in [1.165, 1.54) is 11.4 Å². The minimum absolute atomic E-state index is 0.225. The molecule has 1 unspecified atom stereocenters. The van der Waals surface area contributed by atoms with Crippen molar-refractivity contribution in [3.05, 3.63) is 48.5 Å². The molecular formula is C24H33N3O5S. The van der Waals surface area contributed by atoms with Crippen molar-refractivity contribution in [1.82, 2.24) is 4.90 Å². The number of hydrogen-bond donors (Lipinski definition) is 1. The fourth-order valence-corrected chi connectivity index (χ4v) is 4.05. The molecule has 0 aliphatic carbocycles. The summed E-state index contributed by atoms with van der Waals surface area (Å²) >= 11 is 0. The lowest BCUT2D eigenvalue weighted by Gasteiger charge is -2.29. The maximum Gasteiger partial charge on any atom is 0.265 e. The van der Waals surface area contributed by atoms with Gasteiger partial charge >= 0.3 is 0 Å². The van der Waals surface area contributed by atoms with E-state index >= 15 is 0 Å². The van der Waals surface area contributed by atoms with Crippen molar-refractivity contribution >= 4 is 27.3 Å². The summed E-state index contributed by atoms with van der Waals surface area (Å²) in [5.74, 6) is 1.04. The lowest BCUT2D eigenvalue weighted by molar-refractivity contribution is -0.122. The van der Waals surface area contributed by atoms with Crippen molar-refractivity contribution in [2.24, 2.45) is 0 Å². The first-order chi connectivity index (χ1) is 15.7. The van der Waals surface area contributed by atoms with Crippen LogP contribution in [0, 0.1) is 0 Å². The molecule has 0 radical (unpaired) electrons. The van der Waals surface area contributed by atoms with Crippen LogP contribution in [0.1, 0.15) is 26.2 Å². The number of amides is 1. The zero-order chi connectivity index (χ0) is 24.0. The number of rotatable bonds is 9. The molecular weight excluding hydrogens is 442 g/mol. The van der Waals surface area contributed by atoms with Crippen LogP contribution in [-0.2, 0) is 14.8 Å². The fourth-order valence-electron chi connectivity index (χ4n) is 3.55. The van der Waals surface area contributed by atoms with Crippen LogP contribution < -0.4 is 19.1 Å². The largest absolute Gasteiger partial charge is 0.490 e. The molecule has 0 spiro atoms. The van der Waals surface area contributed by atoms with Gasteiger partial charge < -0.3 is 19.7 Å². The molecule has 8 nitrogen and oxygen atoms in total. The van der Waals surface area contributed by atoms with Gasteiger partial charge in [0.05, 0.1) is 11.9 Å². The van der Waals surface area contributed by atoms with Crippen LogP contribution in [0.3, 0.4) is 0 Å². The highest BCUT2D eigenvalue weighted by Gasteiger charge is 2.20. The maximum absolute atomic E-state index is 12.7. The Kier molecular flexibility index (Phi) is 8.20. The van der Waals surface area contributed by atoms with E-state index in [-0.39, 0.29) is 12.0 Å². The van der Waals surface area contributed by atoms with Crippen molar-refractivity contribution in [1.29, 1.82) is 0 Å². The Morgan fingerprint density at radius 2 is 1.67 bits per heavy atom. The maximum atomic E-state index is 12.7. The van der Waals surface area contributed by atoms with E-state index in [2.05, 4.69) is 17.3 Å². The van der Waals surface area contributed by atoms with Gasteiger partial charge in [0.1, 0.15) is 17.6 Å². The van der Waals surface area contributed by atoms with E-state index in [9.17, 15) is 13.2 Å². The first-order valence-corrected chi connectivity index (χ1v) is 13.0. The lowest BCUT2D eigenvalue weighted by atomic mass is 10.1. The van der Waals surface area contributed by atoms with Crippen molar-refractivity contribution < 1.29 is 22.7 Å². The topological polar surface area (TPSA) is 88.2 Å². The quantitative estimate of drug-likeness (QED) is 0.598. The third-order valence-corrected chi connectivity index (χ3v) is 6.94. The molecule has 1 N–H and O–H groups in total. The first kappa shape index (κ1) is 24.9. The van der Waals surface area contributed by atoms with Gasteiger partial charge in [-0.15, -0.1) is 0 Å². The van der Waals surface area contributed by atoms with Crippen LogP contribution in [0.5, 0.6) is 11.5 Å². The number of likely N-dealkylation sites (tertiary alicyclic amines) is 1. The second kappa shape index (κ2) is 10.9. The Balaban J connectivity index is 1.55. The summed E-state index contributed by atoms with van der Waals surface area (Å²) in [6.45, 7) is 3.94. The Hall–Kier alpha value is -2.78. The minimum Gasteiger partial charge on any atom is -0.490 e. The second-order valence-electron chi connectivity index (χ2n) is 8.37. The second-order valence-corrected chi connectivity index (χ2v) is 10.4. The molecule has 1 aliphatic heterocycles. The molecule has 2 aromatic carbocycles. The first-order valence-electron chi connectivity index (χ1n) is 11.1. The molecule has 1 heterocycles. The third kappa shape index (κ3) is 7.10. The number of nitrogens with one attached hydrogen (secondary N) is 1. The smallest absolute Gasteiger partial charge is 0.265 e. The molecule has 3 rings (SSSR count). The van der Waals surface area contributed by atoms with Crippen molar-refractivity contribution in [2.45, 2.75) is 38.4 Å². The Labute approximate surface area is 196 Å². The standard InChI is InChI=1S/C24H33N3O5S/c1-5-23(32-21-12-8-19(9-13-21)27(3)33(4,29)30)24(28)25-18-6-10-20(11-7-18)31-22-14-16-26(2)17-15-22/h6-13,22-23H,5,14-17H2,1-4H3,(H,25,28). The van der Waals surface area contributed by atoms with Crippen molar-refractivity contribution in [2.75, 3.05) is 43.1 Å². The van der Waals surface area contributed by atoms with Crippen LogP contribution in [0.25, 0.3) is 0 Å². The van der Waals surface area contributed by atoms with Gasteiger partial charge in [-0.25, -0.2) is 8.42 Å². The number of sulfonamides is 1. The normalized spacial score (nSPS) is 16.1. The molecule has 0 aromatic heterocycles. The number of carbonyl (C=O) groups excluding carboxylic acids is 1. The number of anilines is 2. The fraction of sp³-hybridized carbons (Fsp3) is 0.458. The minimum atomic E-state index is -3.34. The van der Waals surface area contributed by atoms with E-state index < -0.39 is 16.1 Å². The monoisotopic (exact) mass is 475 g/mol. The van der Waals surface area contributed by atoms with Gasteiger partial charge in [0, 0.05) is 25.8 Å². The van der Waals surface area contributed by atoms with Gasteiger partial charge in [-0.2, -0.15) is 0 Å². The average molecular weight is 476 g/mol. The van der Waals surface area contributed by atoms with Gasteiger partial charge in [-0.1, -0.05) is 6.92 Å². The molecule has 33 heavy (non-hydrogen) atoms. The number of piperidine rings is 1. The third-order valence-electron chi connectivity index (χ3n) is 5.73. The summed E-state index contributed by atoms with van der Waals surface area (Å²) in [6.07, 6.45) is 3.18. The molecule has 1 atom stereocenters. The molecule has 0 bridgehead atoms. The number of nitrogens with zero attached hydrogens (tertiary/aromatic N) is 2. The van der Waals surface area contributed by atoms with Crippen LogP contribution in [0.2, 0.25) is 0 Å². The van der Waals surface area contributed by atoms with Gasteiger partial charge in [0.25, 0.3) is 5.91 Å². The molecule has 1 aliphatic rings. The van der Waals surface area contributed by atoms with Gasteiger partial charge in [-0.3, -0.25) is 9.10 Å². The lowest BCUT2D eigenvalue weighted by Crippen LogP contribution is -2.35. The average Bonchev–Trinajstić information content (AvgIpc) is 2.79. The highest BCUT2D eigenvalue weighted by atomic mass is 32.2. The highest BCUT2D eigenvalue weighted by Crippen LogP contribution is 2.23. The summed E-state index contributed by atoms with van der Waals surface area (Å²) < 4.78 is 36.4. The number of carbonyl (C=O) groups is 1. The van der Waals surface area contributed by atoms with E-state index in [0.717, 1.165) is 37.9 Å². The van der Waals surface area contributed by atoms with Crippen molar-refractivity contribution in [3.63, 3.8) is 0 Å². The molecule has 1 amide bonds. The molecule has 1 fully saturated rings. The van der Waals surface area contributed by atoms with E-state index in [4.69, 9.17) is 9.47 Å². The summed E-state index contributed by atoms with van der Waals surface area (Å²) in [5, 5.41) is 2.89. The molecule has 1 saturated heterocycles. The highest BCUT2D eigenvalue weighted by molar-refractivity contribution is 7.92. The van der Waals surface area contributed by atoms with Gasteiger partial charge in [0.15, 0.2) is 6.10 Å². The number of ether oxygens (including phenoxy) is 2.